The fourth-order valence-electron chi connectivity index (χ4n) is 4.43. The maximum Gasteiger partial charge on any atom is 0.256 e. The zero-order chi connectivity index (χ0) is 24.8. The van der Waals surface area contributed by atoms with Crippen molar-refractivity contribution in [1.29, 1.82) is 0 Å². The number of halogens is 2. The van der Waals surface area contributed by atoms with Crippen LogP contribution in [0.1, 0.15) is 42.6 Å². The van der Waals surface area contributed by atoms with Gasteiger partial charge in [-0.15, -0.1) is 0 Å². The average Bonchev–Trinajstić information content (AvgIpc) is 2.79. The summed E-state index contributed by atoms with van der Waals surface area (Å²) in [5.74, 6) is -0.100. The average molecular weight is 493 g/mol. The number of hydrogen-bond donors (Lipinski definition) is 2. The number of methoxy groups -OCH3 is 1. The molecule has 0 spiro atoms. The van der Waals surface area contributed by atoms with E-state index in [0.717, 1.165) is 31.6 Å². The van der Waals surface area contributed by atoms with Crippen molar-refractivity contribution in [3.8, 4) is 5.75 Å². The fourth-order valence-corrected chi connectivity index (χ4v) is 4.61. The first-order valence-electron chi connectivity index (χ1n) is 11.5. The summed E-state index contributed by atoms with van der Waals surface area (Å²) in [6.07, 6.45) is 1.91. The lowest BCUT2D eigenvalue weighted by Gasteiger charge is -2.50. The van der Waals surface area contributed by atoms with Gasteiger partial charge in [-0.05, 0) is 48.7 Å². The summed E-state index contributed by atoms with van der Waals surface area (Å²) < 4.78 is 24.0. The summed E-state index contributed by atoms with van der Waals surface area (Å²) in [7, 11) is 1.50. The highest BCUT2D eigenvalue weighted by molar-refractivity contribution is 6.31. The van der Waals surface area contributed by atoms with E-state index in [2.05, 4.69) is 24.1 Å². The SMILES string of the molecule is COCNC(=O)c1cc(Cl)ccc1OCCCN1CCC(O)(Cc2ccc(F)cc2)C(C)(C)C1. The molecule has 1 aliphatic rings. The molecule has 34 heavy (non-hydrogen) atoms. The Kier molecular flexibility index (Phi) is 8.93. The number of aliphatic hydroxyl groups is 1. The molecule has 186 valence electrons. The number of amides is 1. The van der Waals surface area contributed by atoms with E-state index >= 15 is 0 Å². The van der Waals surface area contributed by atoms with Gasteiger partial charge >= 0.3 is 0 Å². The minimum absolute atomic E-state index is 0.100. The summed E-state index contributed by atoms with van der Waals surface area (Å²) >= 11 is 6.05. The number of nitrogens with zero attached hydrogens (tertiary/aromatic N) is 1. The number of nitrogens with one attached hydrogen (secondary N) is 1. The van der Waals surface area contributed by atoms with Crippen molar-refractivity contribution in [2.45, 2.75) is 38.7 Å². The molecule has 6 nitrogen and oxygen atoms in total. The van der Waals surface area contributed by atoms with Gasteiger partial charge in [-0.25, -0.2) is 4.39 Å². The van der Waals surface area contributed by atoms with Gasteiger partial charge in [-0.2, -0.15) is 0 Å². The molecule has 1 unspecified atom stereocenters. The molecule has 1 atom stereocenters. The third-order valence-corrected chi connectivity index (χ3v) is 6.80. The van der Waals surface area contributed by atoms with Crippen LogP contribution in [0.15, 0.2) is 42.5 Å². The van der Waals surface area contributed by atoms with Gasteiger partial charge in [0.15, 0.2) is 0 Å². The molecule has 1 fully saturated rings. The third-order valence-electron chi connectivity index (χ3n) is 6.57. The number of hydrogen-bond acceptors (Lipinski definition) is 5. The van der Waals surface area contributed by atoms with Crippen LogP contribution in [-0.2, 0) is 11.2 Å². The summed E-state index contributed by atoms with van der Waals surface area (Å²) in [5, 5.41) is 14.5. The molecule has 1 aliphatic heterocycles. The van der Waals surface area contributed by atoms with Crippen LogP contribution in [0.25, 0.3) is 0 Å². The molecule has 1 heterocycles. The molecule has 0 aliphatic carbocycles. The largest absolute Gasteiger partial charge is 0.493 e. The lowest BCUT2D eigenvalue weighted by molar-refractivity contribution is -0.118. The molecule has 0 bridgehead atoms. The van der Waals surface area contributed by atoms with E-state index in [9.17, 15) is 14.3 Å². The Morgan fingerprint density at radius 3 is 2.65 bits per heavy atom. The molecule has 2 aromatic carbocycles. The zero-order valence-electron chi connectivity index (χ0n) is 20.1. The molecule has 2 N–H and O–H groups in total. The van der Waals surface area contributed by atoms with Crippen LogP contribution >= 0.6 is 11.6 Å². The van der Waals surface area contributed by atoms with Gasteiger partial charge in [0, 0.05) is 43.6 Å². The quantitative estimate of drug-likeness (QED) is 0.382. The second-order valence-electron chi connectivity index (χ2n) is 9.53. The van der Waals surface area contributed by atoms with Crippen molar-refractivity contribution in [1.82, 2.24) is 10.2 Å². The van der Waals surface area contributed by atoms with E-state index < -0.39 is 5.60 Å². The zero-order valence-corrected chi connectivity index (χ0v) is 20.8. The van der Waals surface area contributed by atoms with Crippen LogP contribution in [0, 0.1) is 11.2 Å². The third kappa shape index (κ3) is 6.69. The standard InChI is InChI=1S/C26H34ClFN2O4/c1-25(2)17-30(13-11-26(25,32)16-19-5-8-21(28)9-6-19)12-4-14-34-23-10-7-20(27)15-22(23)24(31)29-18-33-3/h5-10,15,32H,4,11-14,16-18H2,1-3H3,(H,29,31). The summed E-state index contributed by atoms with van der Waals surface area (Å²) in [4.78, 5) is 14.7. The van der Waals surface area contributed by atoms with Crippen LogP contribution in [0.5, 0.6) is 5.75 Å². The Morgan fingerprint density at radius 2 is 1.97 bits per heavy atom. The lowest BCUT2D eigenvalue weighted by Crippen LogP contribution is -2.58. The summed E-state index contributed by atoms with van der Waals surface area (Å²) in [6, 6.07) is 11.3. The topological polar surface area (TPSA) is 71.0 Å². The molecule has 1 amide bonds. The van der Waals surface area contributed by atoms with Crippen molar-refractivity contribution in [2.75, 3.05) is 40.1 Å². The van der Waals surface area contributed by atoms with Crippen molar-refractivity contribution in [3.63, 3.8) is 0 Å². The number of ether oxygens (including phenoxy) is 2. The van der Waals surface area contributed by atoms with Crippen LogP contribution in [-0.4, -0.2) is 61.6 Å². The molecular weight excluding hydrogens is 459 g/mol. The minimum atomic E-state index is -0.856. The minimum Gasteiger partial charge on any atom is -0.493 e. The Balaban J connectivity index is 1.51. The fraction of sp³-hybridized carbons (Fsp3) is 0.500. The second kappa shape index (κ2) is 11.5. The van der Waals surface area contributed by atoms with Crippen molar-refractivity contribution >= 4 is 17.5 Å². The predicted molar refractivity (Wildman–Crippen MR) is 131 cm³/mol. The highest BCUT2D eigenvalue weighted by Gasteiger charge is 2.47. The molecule has 8 heteroatoms. The number of carbonyl (C=O) groups excluding carboxylic acids is 1. The maximum atomic E-state index is 13.2. The van der Waals surface area contributed by atoms with Gasteiger partial charge in [-0.3, -0.25) is 4.79 Å². The lowest BCUT2D eigenvalue weighted by atomic mass is 9.67. The summed E-state index contributed by atoms with van der Waals surface area (Å²) in [6.45, 7) is 7.04. The summed E-state index contributed by atoms with van der Waals surface area (Å²) in [5.41, 5.74) is 0.121. The van der Waals surface area contributed by atoms with E-state index in [-0.39, 0.29) is 23.9 Å². The first kappa shape index (κ1) is 26.4. The van der Waals surface area contributed by atoms with Crippen molar-refractivity contribution < 1.29 is 23.8 Å². The number of rotatable bonds is 10. The Bertz CT molecular complexity index is 970. The molecule has 0 radical (unpaired) electrons. The van der Waals surface area contributed by atoms with Gasteiger partial charge < -0.3 is 24.8 Å². The molecule has 0 saturated carbocycles. The maximum absolute atomic E-state index is 13.2. The normalized spacial score (nSPS) is 20.2. The first-order valence-corrected chi connectivity index (χ1v) is 11.9. The van der Waals surface area contributed by atoms with Gasteiger partial charge in [0.2, 0.25) is 0 Å². The van der Waals surface area contributed by atoms with Crippen molar-refractivity contribution in [3.05, 3.63) is 64.4 Å². The Labute approximate surface area is 206 Å². The van der Waals surface area contributed by atoms with Crippen LogP contribution in [0.2, 0.25) is 5.02 Å². The van der Waals surface area contributed by atoms with Gasteiger partial charge in [-0.1, -0.05) is 37.6 Å². The van der Waals surface area contributed by atoms with Gasteiger partial charge in [0.1, 0.15) is 18.3 Å². The molecular formula is C26H34ClFN2O4. The monoisotopic (exact) mass is 492 g/mol. The van der Waals surface area contributed by atoms with Crippen LogP contribution in [0.3, 0.4) is 0 Å². The van der Waals surface area contributed by atoms with Crippen LogP contribution < -0.4 is 10.1 Å². The smallest absolute Gasteiger partial charge is 0.256 e. The number of likely N-dealkylation sites (tertiary alicyclic amines) is 1. The van der Waals surface area contributed by atoms with Crippen molar-refractivity contribution in [2.24, 2.45) is 5.41 Å². The molecule has 3 rings (SSSR count). The van der Waals surface area contributed by atoms with E-state index in [0.29, 0.717) is 35.8 Å². The highest BCUT2D eigenvalue weighted by Crippen LogP contribution is 2.41. The number of carbonyl (C=O) groups is 1. The van der Waals surface area contributed by atoms with Crippen LogP contribution in [0.4, 0.5) is 4.39 Å². The Hall–Kier alpha value is -2.19. The van der Waals surface area contributed by atoms with E-state index in [1.807, 2.05) is 0 Å². The predicted octanol–water partition coefficient (Wildman–Crippen LogP) is 4.29. The van der Waals surface area contributed by atoms with E-state index in [1.54, 1.807) is 30.3 Å². The Morgan fingerprint density at radius 1 is 1.24 bits per heavy atom. The van der Waals surface area contributed by atoms with Gasteiger partial charge in [0.25, 0.3) is 5.91 Å². The number of benzene rings is 2. The van der Waals surface area contributed by atoms with E-state index in [1.165, 1.54) is 19.2 Å². The van der Waals surface area contributed by atoms with Gasteiger partial charge in [0.05, 0.1) is 17.8 Å². The number of piperidine rings is 1. The first-order chi connectivity index (χ1) is 16.1. The molecule has 2 aromatic rings. The highest BCUT2D eigenvalue weighted by atomic mass is 35.5. The molecule has 1 saturated heterocycles. The second-order valence-corrected chi connectivity index (χ2v) is 9.96. The van der Waals surface area contributed by atoms with E-state index in [4.69, 9.17) is 21.1 Å². The molecule has 0 aromatic heterocycles.